The first kappa shape index (κ1) is 43.2. The van der Waals surface area contributed by atoms with Gasteiger partial charge >= 0.3 is 0 Å². The molecule has 0 aliphatic heterocycles. The van der Waals surface area contributed by atoms with Crippen LogP contribution in [0.2, 0.25) is 0 Å². The van der Waals surface area contributed by atoms with Crippen LogP contribution in [0, 0.1) is 0 Å². The van der Waals surface area contributed by atoms with Crippen LogP contribution in [0.5, 0.6) is 0 Å². The number of hydrogen-bond donors (Lipinski definition) is 1. The third-order valence-corrected chi connectivity index (χ3v) is 10.3. The van der Waals surface area contributed by atoms with Crippen LogP contribution in [0.25, 0.3) is 0 Å². The number of benzene rings is 1. The van der Waals surface area contributed by atoms with Gasteiger partial charge in [-0.1, -0.05) is 231 Å². The van der Waals surface area contributed by atoms with Crippen molar-refractivity contribution in [2.75, 3.05) is 13.1 Å². The Kier molecular flexibility index (Phi) is 33.3. The van der Waals surface area contributed by atoms with E-state index in [1.54, 1.807) is 0 Å². The zero-order valence-corrected chi connectivity index (χ0v) is 31.8. The van der Waals surface area contributed by atoms with Gasteiger partial charge in [-0.25, -0.2) is 0 Å². The first-order valence-electron chi connectivity index (χ1n) is 21.3. The van der Waals surface area contributed by atoms with E-state index in [1.807, 2.05) is 0 Å². The van der Waals surface area contributed by atoms with E-state index >= 15 is 0 Å². The van der Waals surface area contributed by atoms with Gasteiger partial charge in [0.1, 0.15) is 0 Å². The minimum Gasteiger partial charge on any atom is -0.326 e. The third kappa shape index (κ3) is 29.3. The molecule has 0 aromatic heterocycles. The molecule has 1 rings (SSSR count). The van der Waals surface area contributed by atoms with Crippen LogP contribution < -0.4 is 5.73 Å². The number of hydrogen-bond acceptors (Lipinski definition) is 2. The molecule has 270 valence electrons. The van der Waals surface area contributed by atoms with Crippen LogP contribution in [-0.2, 0) is 13.1 Å². The number of nitrogens with two attached hydrogens (primary N) is 1. The highest BCUT2D eigenvalue weighted by Gasteiger charge is 2.07. The molecule has 0 radical (unpaired) electrons. The molecule has 0 heterocycles. The van der Waals surface area contributed by atoms with Crippen molar-refractivity contribution in [3.8, 4) is 0 Å². The van der Waals surface area contributed by atoms with Gasteiger partial charge in [0, 0.05) is 13.1 Å². The fourth-order valence-corrected chi connectivity index (χ4v) is 7.08. The normalized spacial score (nSPS) is 11.7. The third-order valence-electron chi connectivity index (χ3n) is 10.3. The lowest BCUT2D eigenvalue weighted by Crippen LogP contribution is -2.25. The number of nitrogens with zero attached hydrogens (tertiary/aromatic N) is 1. The fraction of sp³-hybridized carbons (Fsp3) is 0.864. The predicted octanol–water partition coefficient (Wildman–Crippen LogP) is 14.5. The van der Waals surface area contributed by atoms with E-state index in [-0.39, 0.29) is 0 Å². The molecule has 0 saturated heterocycles. The summed E-state index contributed by atoms with van der Waals surface area (Å²) in [6.07, 6.45) is 46.1. The summed E-state index contributed by atoms with van der Waals surface area (Å²) in [7, 11) is 0. The SMILES string of the molecule is CCCCCCCCCCCCCCCCCCN(CCCCCCCCCCCCCCCCCC)Cc1ccc(CN)cc1. The molecule has 0 amide bonds. The first-order chi connectivity index (χ1) is 22.8. The van der Waals surface area contributed by atoms with Gasteiger partial charge in [-0.2, -0.15) is 0 Å². The molecule has 1 aromatic rings. The van der Waals surface area contributed by atoms with E-state index in [9.17, 15) is 0 Å². The van der Waals surface area contributed by atoms with Crippen molar-refractivity contribution in [1.82, 2.24) is 4.90 Å². The maximum Gasteiger partial charge on any atom is 0.0233 e. The van der Waals surface area contributed by atoms with Crippen LogP contribution >= 0.6 is 0 Å². The summed E-state index contributed by atoms with van der Waals surface area (Å²) in [4.78, 5) is 2.74. The van der Waals surface area contributed by atoms with Gasteiger partial charge in [-0.15, -0.1) is 0 Å². The molecule has 0 bridgehead atoms. The Bertz CT molecular complexity index is 662. The Hall–Kier alpha value is -0.860. The average molecular weight is 641 g/mol. The molecule has 0 aliphatic rings. The zero-order valence-electron chi connectivity index (χ0n) is 31.8. The van der Waals surface area contributed by atoms with Crippen molar-refractivity contribution in [2.45, 2.75) is 232 Å². The second-order valence-electron chi connectivity index (χ2n) is 14.9. The summed E-state index contributed by atoms with van der Waals surface area (Å²) in [6.45, 7) is 8.88. The highest BCUT2D eigenvalue weighted by Crippen LogP contribution is 2.17. The van der Waals surface area contributed by atoms with Gasteiger partial charge in [-0.3, -0.25) is 4.90 Å². The molecule has 0 saturated carbocycles. The second kappa shape index (κ2) is 35.4. The van der Waals surface area contributed by atoms with Gasteiger partial charge in [0.15, 0.2) is 0 Å². The molecular formula is C44H84N2. The molecule has 0 unspecified atom stereocenters. The van der Waals surface area contributed by atoms with E-state index in [4.69, 9.17) is 5.73 Å². The Labute approximate surface area is 290 Å². The zero-order chi connectivity index (χ0) is 33.0. The Balaban J connectivity index is 2.07. The summed E-state index contributed by atoms with van der Waals surface area (Å²) in [5, 5.41) is 0. The Morgan fingerprint density at radius 3 is 0.848 bits per heavy atom. The van der Waals surface area contributed by atoms with E-state index < -0.39 is 0 Å². The fourth-order valence-electron chi connectivity index (χ4n) is 7.08. The maximum atomic E-state index is 5.84. The van der Waals surface area contributed by atoms with E-state index in [1.165, 1.54) is 230 Å². The largest absolute Gasteiger partial charge is 0.326 e. The van der Waals surface area contributed by atoms with Crippen molar-refractivity contribution in [3.63, 3.8) is 0 Å². The summed E-state index contributed by atoms with van der Waals surface area (Å²) in [6, 6.07) is 9.04. The van der Waals surface area contributed by atoms with Crippen LogP contribution in [0.4, 0.5) is 0 Å². The Morgan fingerprint density at radius 1 is 0.348 bits per heavy atom. The quantitative estimate of drug-likeness (QED) is 0.0733. The molecule has 2 heteroatoms. The molecule has 0 atom stereocenters. The lowest BCUT2D eigenvalue weighted by molar-refractivity contribution is 0.252. The number of unbranched alkanes of at least 4 members (excludes halogenated alkanes) is 30. The average Bonchev–Trinajstić information content (AvgIpc) is 3.08. The number of rotatable bonds is 37. The standard InChI is InChI=1S/C44H84N2/c1-3-5-7-9-11-13-15-17-19-21-23-25-27-29-31-33-39-46(42-44-37-35-43(41-45)36-38-44)40-34-32-30-28-26-24-22-20-18-16-14-12-10-8-6-4-2/h35-38H,3-34,39-42,45H2,1-2H3. The van der Waals surface area contributed by atoms with Crippen LogP contribution in [0.15, 0.2) is 24.3 Å². The smallest absolute Gasteiger partial charge is 0.0233 e. The maximum absolute atomic E-state index is 5.84. The summed E-state index contributed by atoms with van der Waals surface area (Å²) >= 11 is 0. The van der Waals surface area contributed by atoms with Crippen molar-refractivity contribution < 1.29 is 0 Å². The van der Waals surface area contributed by atoms with Gasteiger partial charge in [0.05, 0.1) is 0 Å². The molecule has 2 N–H and O–H groups in total. The van der Waals surface area contributed by atoms with Crippen molar-refractivity contribution in [3.05, 3.63) is 35.4 Å². The van der Waals surface area contributed by atoms with E-state index in [0.29, 0.717) is 6.54 Å². The van der Waals surface area contributed by atoms with E-state index in [2.05, 4.69) is 43.0 Å². The van der Waals surface area contributed by atoms with Gasteiger partial charge in [0.25, 0.3) is 0 Å². The van der Waals surface area contributed by atoms with Gasteiger partial charge in [0.2, 0.25) is 0 Å². The van der Waals surface area contributed by atoms with Crippen molar-refractivity contribution >= 4 is 0 Å². The molecular weight excluding hydrogens is 556 g/mol. The minimum absolute atomic E-state index is 0.641. The van der Waals surface area contributed by atoms with Gasteiger partial charge < -0.3 is 5.73 Å². The van der Waals surface area contributed by atoms with Crippen LogP contribution in [-0.4, -0.2) is 18.0 Å². The molecule has 0 spiro atoms. The topological polar surface area (TPSA) is 29.3 Å². The monoisotopic (exact) mass is 641 g/mol. The van der Waals surface area contributed by atoms with Crippen LogP contribution in [0.1, 0.15) is 230 Å². The first-order valence-corrected chi connectivity index (χ1v) is 21.3. The molecule has 0 aliphatic carbocycles. The second-order valence-corrected chi connectivity index (χ2v) is 14.9. The lowest BCUT2D eigenvalue weighted by atomic mass is 10.0. The molecule has 0 fully saturated rings. The van der Waals surface area contributed by atoms with E-state index in [0.717, 1.165) is 6.54 Å². The van der Waals surface area contributed by atoms with Gasteiger partial charge in [-0.05, 0) is 37.1 Å². The van der Waals surface area contributed by atoms with Crippen molar-refractivity contribution in [1.29, 1.82) is 0 Å². The van der Waals surface area contributed by atoms with Crippen LogP contribution in [0.3, 0.4) is 0 Å². The highest BCUT2D eigenvalue weighted by molar-refractivity contribution is 5.22. The summed E-state index contributed by atoms with van der Waals surface area (Å²) in [5.74, 6) is 0. The lowest BCUT2D eigenvalue weighted by Gasteiger charge is -2.23. The Morgan fingerprint density at radius 2 is 0.587 bits per heavy atom. The summed E-state index contributed by atoms with van der Waals surface area (Å²) < 4.78 is 0. The molecule has 1 aromatic carbocycles. The molecule has 2 nitrogen and oxygen atoms in total. The predicted molar refractivity (Wildman–Crippen MR) is 209 cm³/mol. The minimum atomic E-state index is 0.641. The highest BCUT2D eigenvalue weighted by atomic mass is 15.1. The summed E-state index contributed by atoms with van der Waals surface area (Å²) in [5.41, 5.74) is 8.53. The van der Waals surface area contributed by atoms with Crippen molar-refractivity contribution in [2.24, 2.45) is 5.73 Å². The molecule has 46 heavy (non-hydrogen) atoms.